The van der Waals surface area contributed by atoms with E-state index < -0.39 is 17.5 Å². The zero-order chi connectivity index (χ0) is 33.8. The summed E-state index contributed by atoms with van der Waals surface area (Å²) in [6.07, 6.45) is 2.58. The summed E-state index contributed by atoms with van der Waals surface area (Å²) in [5.41, 5.74) is 4.36. The van der Waals surface area contributed by atoms with E-state index in [-0.39, 0.29) is 18.9 Å². The fourth-order valence-electron chi connectivity index (χ4n) is 6.01. The summed E-state index contributed by atoms with van der Waals surface area (Å²) in [7, 11) is 1.53. The van der Waals surface area contributed by atoms with Crippen LogP contribution in [-0.4, -0.2) is 69.0 Å². The first kappa shape index (κ1) is 33.0. The van der Waals surface area contributed by atoms with Crippen molar-refractivity contribution >= 4 is 22.7 Å². The molecule has 0 bridgehead atoms. The van der Waals surface area contributed by atoms with Gasteiger partial charge in [-0.2, -0.15) is 5.26 Å². The number of hydrogen-bond acceptors (Lipinski definition) is 9. The molecule has 3 aromatic carbocycles. The molecule has 2 fully saturated rings. The average molecular weight is 655 g/mol. The van der Waals surface area contributed by atoms with Gasteiger partial charge in [-0.25, -0.2) is 9.18 Å². The molecule has 250 valence electrons. The lowest BCUT2D eigenvalue weighted by molar-refractivity contribution is -0.0797. The van der Waals surface area contributed by atoms with Crippen molar-refractivity contribution < 1.29 is 32.9 Å². The summed E-state index contributed by atoms with van der Waals surface area (Å²) in [5, 5.41) is 13.7. The molecule has 0 aliphatic carbocycles. The van der Waals surface area contributed by atoms with E-state index in [0.717, 1.165) is 33.3 Å². The molecule has 10 nitrogen and oxygen atoms in total. The van der Waals surface area contributed by atoms with E-state index >= 15 is 4.39 Å². The van der Waals surface area contributed by atoms with Crippen LogP contribution in [0.1, 0.15) is 39.2 Å². The Balaban J connectivity index is 1.43. The number of ether oxygens (including phenoxy) is 5. The lowest BCUT2D eigenvalue weighted by Gasteiger charge is -2.36. The first-order valence-corrected chi connectivity index (χ1v) is 16.0. The Morgan fingerprint density at radius 3 is 2.56 bits per heavy atom. The van der Waals surface area contributed by atoms with Gasteiger partial charge in [-0.1, -0.05) is 18.2 Å². The number of carbonyl (C=O) groups excluding carboxylic acids is 1. The third-order valence-corrected chi connectivity index (χ3v) is 8.23. The quantitative estimate of drug-likeness (QED) is 0.194. The molecule has 4 aromatic rings. The van der Waals surface area contributed by atoms with Gasteiger partial charge in [0, 0.05) is 55.0 Å². The zero-order valence-corrected chi connectivity index (χ0v) is 27.5. The lowest BCUT2D eigenvalue weighted by Crippen LogP contribution is -2.46. The summed E-state index contributed by atoms with van der Waals surface area (Å²) < 4.78 is 42.9. The number of pyridine rings is 1. The van der Waals surface area contributed by atoms with Crippen molar-refractivity contribution in [3.63, 3.8) is 0 Å². The monoisotopic (exact) mass is 654 g/mol. The molecule has 1 aromatic heterocycles. The summed E-state index contributed by atoms with van der Waals surface area (Å²) in [5.74, 6) is 0.426. The van der Waals surface area contributed by atoms with Crippen LogP contribution in [0.2, 0.25) is 0 Å². The Labute approximate surface area is 279 Å². The van der Waals surface area contributed by atoms with Gasteiger partial charge in [0.2, 0.25) is 0 Å². The molecule has 1 amide bonds. The molecule has 3 heterocycles. The standard InChI is InChI=1S/C37H39FN4O6/c1-37(2,3)48-36(43)41-27-10-12-42(13-11-27)34-31-16-23(30-7-5-6-24(18-39)35(30)46-22-44-4)8-9-33(31)40-19-32(34)25-14-26(38)17-28(15-25)47-29-20-45-21-29/h5-9,14-17,19,27,29H,10-13,20-22H2,1-4H3,(H,41,43). The average Bonchev–Trinajstić information content (AvgIpc) is 3.03. The Morgan fingerprint density at radius 2 is 1.88 bits per heavy atom. The van der Waals surface area contributed by atoms with Crippen LogP contribution in [0.4, 0.5) is 14.9 Å². The summed E-state index contributed by atoms with van der Waals surface area (Å²) in [6.45, 7) is 7.68. The number of rotatable bonds is 9. The molecule has 6 rings (SSSR count). The van der Waals surface area contributed by atoms with E-state index in [2.05, 4.69) is 16.3 Å². The zero-order valence-electron chi connectivity index (χ0n) is 27.5. The van der Waals surface area contributed by atoms with E-state index in [1.807, 2.05) is 57.2 Å². The molecule has 2 saturated heterocycles. The van der Waals surface area contributed by atoms with E-state index in [1.54, 1.807) is 12.3 Å². The van der Waals surface area contributed by atoms with Crippen LogP contribution in [0, 0.1) is 17.1 Å². The van der Waals surface area contributed by atoms with Gasteiger partial charge in [0.05, 0.1) is 30.0 Å². The number of piperidine rings is 1. The highest BCUT2D eigenvalue weighted by molar-refractivity contribution is 6.02. The number of aromatic nitrogens is 1. The Hall–Kier alpha value is -4.92. The van der Waals surface area contributed by atoms with Gasteiger partial charge in [-0.05, 0) is 75.1 Å². The van der Waals surface area contributed by atoms with Crippen LogP contribution in [0.5, 0.6) is 11.5 Å². The number of alkyl carbamates (subject to hydrolysis) is 1. The van der Waals surface area contributed by atoms with Crippen molar-refractivity contribution in [2.45, 2.75) is 51.4 Å². The Morgan fingerprint density at radius 1 is 1.08 bits per heavy atom. The van der Waals surface area contributed by atoms with Gasteiger partial charge in [-0.3, -0.25) is 4.98 Å². The van der Waals surface area contributed by atoms with Crippen molar-refractivity contribution in [3.05, 3.63) is 72.2 Å². The topological polar surface area (TPSA) is 115 Å². The van der Waals surface area contributed by atoms with Gasteiger partial charge in [0.15, 0.2) is 6.79 Å². The van der Waals surface area contributed by atoms with Gasteiger partial charge >= 0.3 is 6.09 Å². The maximum absolute atomic E-state index is 15.1. The first-order valence-electron chi connectivity index (χ1n) is 16.0. The SMILES string of the molecule is COCOc1c(C#N)cccc1-c1ccc2ncc(-c3cc(F)cc(OC4COC4)c3)c(N3CCC(NC(=O)OC(C)(C)C)CC3)c2c1. The second kappa shape index (κ2) is 14.1. The molecule has 0 unspecified atom stereocenters. The predicted molar refractivity (Wildman–Crippen MR) is 180 cm³/mol. The van der Waals surface area contributed by atoms with Crippen molar-refractivity contribution in [2.24, 2.45) is 0 Å². The normalized spacial score (nSPS) is 15.5. The Kier molecular flexibility index (Phi) is 9.66. The summed E-state index contributed by atoms with van der Waals surface area (Å²) in [4.78, 5) is 19.6. The molecule has 1 N–H and O–H groups in total. The molecular weight excluding hydrogens is 615 g/mol. The van der Waals surface area contributed by atoms with Gasteiger partial charge in [-0.15, -0.1) is 0 Å². The number of benzene rings is 3. The molecule has 2 aliphatic rings. The molecule has 0 spiro atoms. The van der Waals surface area contributed by atoms with Crippen molar-refractivity contribution in [3.8, 4) is 39.8 Å². The lowest BCUT2D eigenvalue weighted by atomic mass is 9.95. The molecule has 0 radical (unpaired) electrons. The molecule has 0 atom stereocenters. The Bertz CT molecular complexity index is 1840. The van der Waals surface area contributed by atoms with E-state index in [4.69, 9.17) is 28.7 Å². The van der Waals surface area contributed by atoms with Crippen molar-refractivity contribution in [1.29, 1.82) is 5.26 Å². The summed E-state index contributed by atoms with van der Waals surface area (Å²) in [6, 6.07) is 18.2. The number of nitrogens with zero attached hydrogens (tertiary/aromatic N) is 3. The highest BCUT2D eigenvalue weighted by Gasteiger charge is 2.28. The maximum Gasteiger partial charge on any atom is 0.407 e. The van der Waals surface area contributed by atoms with Crippen LogP contribution < -0.4 is 19.7 Å². The highest BCUT2D eigenvalue weighted by atomic mass is 19.1. The number of carbonyl (C=O) groups is 1. The van der Waals surface area contributed by atoms with Crippen LogP contribution in [-0.2, 0) is 14.2 Å². The largest absolute Gasteiger partial charge is 0.485 e. The minimum atomic E-state index is -0.590. The van der Waals surface area contributed by atoms with Crippen LogP contribution in [0.15, 0.2) is 60.8 Å². The minimum absolute atomic E-state index is 0.0144. The highest BCUT2D eigenvalue weighted by Crippen LogP contribution is 2.42. The van der Waals surface area contributed by atoms with Gasteiger partial charge in [0.25, 0.3) is 0 Å². The second-order valence-electron chi connectivity index (χ2n) is 13.0. The smallest absolute Gasteiger partial charge is 0.407 e. The number of fused-ring (bicyclic) bond motifs is 1. The number of nitrogens with one attached hydrogen (secondary N) is 1. The number of amides is 1. The van der Waals surface area contributed by atoms with Crippen LogP contribution >= 0.6 is 0 Å². The third-order valence-electron chi connectivity index (χ3n) is 8.23. The number of hydrogen-bond donors (Lipinski definition) is 1. The fourth-order valence-corrected chi connectivity index (χ4v) is 6.01. The predicted octanol–water partition coefficient (Wildman–Crippen LogP) is 6.83. The minimum Gasteiger partial charge on any atom is -0.485 e. The maximum atomic E-state index is 15.1. The number of halogens is 1. The molecular formula is C37H39FN4O6. The van der Waals surface area contributed by atoms with Crippen LogP contribution in [0.3, 0.4) is 0 Å². The van der Waals surface area contributed by atoms with Gasteiger partial charge < -0.3 is 33.9 Å². The van der Waals surface area contributed by atoms with E-state index in [0.29, 0.717) is 61.8 Å². The number of anilines is 1. The van der Waals surface area contributed by atoms with Gasteiger partial charge in [0.1, 0.15) is 35.1 Å². The first-order chi connectivity index (χ1) is 23.1. The molecule has 48 heavy (non-hydrogen) atoms. The summed E-state index contributed by atoms with van der Waals surface area (Å²) >= 11 is 0. The van der Waals surface area contributed by atoms with Crippen molar-refractivity contribution in [1.82, 2.24) is 10.3 Å². The molecule has 11 heteroatoms. The van der Waals surface area contributed by atoms with E-state index in [1.165, 1.54) is 19.2 Å². The number of methoxy groups -OCH3 is 1. The van der Waals surface area contributed by atoms with Crippen LogP contribution in [0.25, 0.3) is 33.2 Å². The van der Waals surface area contributed by atoms with Crippen molar-refractivity contribution in [2.75, 3.05) is 45.1 Å². The number of nitriles is 1. The third kappa shape index (κ3) is 7.46. The second-order valence-corrected chi connectivity index (χ2v) is 13.0. The molecule has 0 saturated carbocycles. The van der Waals surface area contributed by atoms with E-state index in [9.17, 15) is 10.1 Å². The number of para-hydroxylation sites is 1. The molecule has 2 aliphatic heterocycles. The fraction of sp³-hybridized carbons (Fsp3) is 0.378.